The number of nitrogens with zero attached hydrogens (tertiary/aromatic N) is 1. The van der Waals surface area contributed by atoms with Crippen molar-refractivity contribution >= 4 is 29.2 Å². The standard InChI is InChI=1S/C16H12F5N3S/c1-7-4-3-5-8(2)15(7)23-16(25)24-22-6-9-10(17)12(19)14(21)13(20)11(9)18/h3-6H,1-2H3,(H2,23,24,25)/b22-6+. The summed E-state index contributed by atoms with van der Waals surface area (Å²) in [5.74, 6) is -10.3. The Kier molecular flexibility index (Phi) is 5.68. The lowest BCUT2D eigenvalue weighted by Gasteiger charge is -2.12. The third-order valence-electron chi connectivity index (χ3n) is 3.32. The van der Waals surface area contributed by atoms with Crippen LogP contribution in [-0.4, -0.2) is 11.3 Å². The molecule has 2 N–H and O–H groups in total. The Hall–Kier alpha value is -2.55. The second-order valence-corrected chi connectivity index (χ2v) is 5.48. The molecule has 0 saturated carbocycles. The molecule has 2 aromatic rings. The van der Waals surface area contributed by atoms with E-state index in [0.717, 1.165) is 11.1 Å². The Morgan fingerprint density at radius 1 is 0.920 bits per heavy atom. The fourth-order valence-electron chi connectivity index (χ4n) is 2.04. The summed E-state index contributed by atoms with van der Waals surface area (Å²) in [5.41, 5.74) is 3.60. The van der Waals surface area contributed by atoms with E-state index in [1.165, 1.54) is 0 Å². The number of hydrazone groups is 1. The molecule has 0 spiro atoms. The van der Waals surface area contributed by atoms with Gasteiger partial charge in [0.05, 0.1) is 11.8 Å². The first-order chi connectivity index (χ1) is 11.7. The lowest BCUT2D eigenvalue weighted by Crippen LogP contribution is -2.25. The van der Waals surface area contributed by atoms with Crippen LogP contribution in [0.1, 0.15) is 16.7 Å². The van der Waals surface area contributed by atoms with Gasteiger partial charge in [0.1, 0.15) is 0 Å². The number of para-hydroxylation sites is 1. The fourth-order valence-corrected chi connectivity index (χ4v) is 2.20. The Morgan fingerprint density at radius 3 is 1.92 bits per heavy atom. The minimum Gasteiger partial charge on any atom is -0.331 e. The van der Waals surface area contributed by atoms with E-state index < -0.39 is 34.6 Å². The minimum absolute atomic E-state index is 0.0162. The zero-order chi connectivity index (χ0) is 18.7. The predicted octanol–water partition coefficient (Wildman–Crippen LogP) is 4.32. The number of hydrogen-bond donors (Lipinski definition) is 2. The van der Waals surface area contributed by atoms with E-state index in [9.17, 15) is 22.0 Å². The number of aryl methyl sites for hydroxylation is 2. The molecule has 0 aliphatic carbocycles. The minimum atomic E-state index is -2.23. The van der Waals surface area contributed by atoms with Crippen LogP contribution in [0.2, 0.25) is 0 Å². The van der Waals surface area contributed by atoms with Crippen LogP contribution in [0.5, 0.6) is 0 Å². The third-order valence-corrected chi connectivity index (χ3v) is 3.52. The van der Waals surface area contributed by atoms with Crippen LogP contribution >= 0.6 is 12.2 Å². The van der Waals surface area contributed by atoms with Crippen molar-refractivity contribution in [3.8, 4) is 0 Å². The van der Waals surface area contributed by atoms with Crippen molar-refractivity contribution in [1.82, 2.24) is 5.43 Å². The summed E-state index contributed by atoms with van der Waals surface area (Å²) in [5, 5.41) is 6.24. The summed E-state index contributed by atoms with van der Waals surface area (Å²) in [6.45, 7) is 3.69. The molecule has 132 valence electrons. The molecule has 0 saturated heterocycles. The zero-order valence-corrected chi connectivity index (χ0v) is 13.9. The number of halogens is 5. The van der Waals surface area contributed by atoms with Crippen molar-refractivity contribution in [2.45, 2.75) is 13.8 Å². The molecule has 0 aliphatic heterocycles. The van der Waals surface area contributed by atoms with Crippen LogP contribution in [-0.2, 0) is 0 Å². The summed E-state index contributed by atoms with van der Waals surface area (Å²) in [6, 6.07) is 5.54. The lowest BCUT2D eigenvalue weighted by atomic mass is 10.1. The Morgan fingerprint density at radius 2 is 1.40 bits per heavy atom. The van der Waals surface area contributed by atoms with Crippen molar-refractivity contribution in [2.24, 2.45) is 5.10 Å². The van der Waals surface area contributed by atoms with Crippen LogP contribution in [0.15, 0.2) is 23.3 Å². The van der Waals surface area contributed by atoms with Gasteiger partial charge in [-0.05, 0) is 37.2 Å². The van der Waals surface area contributed by atoms with E-state index in [1.807, 2.05) is 32.0 Å². The molecule has 0 aliphatic rings. The van der Waals surface area contributed by atoms with Gasteiger partial charge < -0.3 is 5.32 Å². The molecular formula is C16H12F5N3S. The van der Waals surface area contributed by atoms with E-state index >= 15 is 0 Å². The summed E-state index contributed by atoms with van der Waals surface area (Å²) in [6.07, 6.45) is 0.467. The summed E-state index contributed by atoms with van der Waals surface area (Å²) >= 11 is 4.98. The van der Waals surface area contributed by atoms with Gasteiger partial charge in [-0.25, -0.2) is 22.0 Å². The maximum Gasteiger partial charge on any atom is 0.200 e. The lowest BCUT2D eigenvalue weighted by molar-refractivity contribution is 0.377. The SMILES string of the molecule is Cc1cccc(C)c1NC(=S)N/N=C/c1c(F)c(F)c(F)c(F)c1F. The number of thiocarbonyl (C=S) groups is 1. The van der Waals surface area contributed by atoms with Gasteiger partial charge in [-0.1, -0.05) is 18.2 Å². The Bertz CT molecular complexity index is 818. The molecular weight excluding hydrogens is 361 g/mol. The van der Waals surface area contributed by atoms with Gasteiger partial charge in [0, 0.05) is 5.69 Å². The first-order valence-electron chi connectivity index (χ1n) is 6.91. The molecule has 25 heavy (non-hydrogen) atoms. The molecule has 0 fully saturated rings. The second-order valence-electron chi connectivity index (χ2n) is 5.07. The Balaban J connectivity index is 2.15. The van der Waals surface area contributed by atoms with Crippen LogP contribution < -0.4 is 10.7 Å². The van der Waals surface area contributed by atoms with Gasteiger partial charge in [0.2, 0.25) is 5.82 Å². The van der Waals surface area contributed by atoms with Crippen LogP contribution in [0, 0.1) is 42.9 Å². The third kappa shape index (κ3) is 3.93. The van der Waals surface area contributed by atoms with Crippen molar-refractivity contribution < 1.29 is 22.0 Å². The highest BCUT2D eigenvalue weighted by Gasteiger charge is 2.24. The smallest absolute Gasteiger partial charge is 0.200 e. The summed E-state index contributed by atoms with van der Waals surface area (Å²) in [4.78, 5) is 0. The quantitative estimate of drug-likeness (QED) is 0.210. The van der Waals surface area contributed by atoms with E-state index in [0.29, 0.717) is 11.9 Å². The van der Waals surface area contributed by atoms with Crippen molar-refractivity contribution in [2.75, 3.05) is 5.32 Å². The summed E-state index contributed by atoms with van der Waals surface area (Å²) in [7, 11) is 0. The molecule has 0 aromatic heterocycles. The first kappa shape index (κ1) is 18.8. The molecule has 0 bridgehead atoms. The number of benzene rings is 2. The van der Waals surface area contributed by atoms with Crippen LogP contribution in [0.3, 0.4) is 0 Å². The fraction of sp³-hybridized carbons (Fsp3) is 0.125. The number of nitrogens with one attached hydrogen (secondary N) is 2. The molecule has 9 heteroatoms. The first-order valence-corrected chi connectivity index (χ1v) is 7.32. The van der Waals surface area contributed by atoms with Gasteiger partial charge >= 0.3 is 0 Å². The second kappa shape index (κ2) is 7.56. The largest absolute Gasteiger partial charge is 0.331 e. The topological polar surface area (TPSA) is 36.4 Å². The van der Waals surface area contributed by atoms with Gasteiger partial charge in [-0.2, -0.15) is 5.10 Å². The van der Waals surface area contributed by atoms with Crippen LogP contribution in [0.4, 0.5) is 27.6 Å². The molecule has 0 radical (unpaired) electrons. The molecule has 0 unspecified atom stereocenters. The van der Waals surface area contributed by atoms with E-state index in [2.05, 4.69) is 15.8 Å². The average molecular weight is 373 g/mol. The monoisotopic (exact) mass is 373 g/mol. The van der Waals surface area contributed by atoms with Gasteiger partial charge in [-0.3, -0.25) is 5.43 Å². The van der Waals surface area contributed by atoms with Crippen molar-refractivity contribution in [3.05, 3.63) is 64.0 Å². The number of hydrogen-bond acceptors (Lipinski definition) is 2. The summed E-state index contributed by atoms with van der Waals surface area (Å²) < 4.78 is 66.1. The molecule has 2 rings (SSSR count). The maximum absolute atomic E-state index is 13.5. The molecule has 3 nitrogen and oxygen atoms in total. The molecule has 0 heterocycles. The van der Waals surface area contributed by atoms with E-state index in [4.69, 9.17) is 12.2 Å². The van der Waals surface area contributed by atoms with Gasteiger partial charge in [-0.15, -0.1) is 0 Å². The van der Waals surface area contributed by atoms with Crippen molar-refractivity contribution in [1.29, 1.82) is 0 Å². The number of anilines is 1. The number of rotatable bonds is 3. The Labute approximate surface area is 145 Å². The molecule has 0 atom stereocenters. The van der Waals surface area contributed by atoms with Gasteiger partial charge in [0.15, 0.2) is 28.4 Å². The maximum atomic E-state index is 13.5. The highest BCUT2D eigenvalue weighted by molar-refractivity contribution is 7.80. The highest BCUT2D eigenvalue weighted by atomic mass is 32.1. The van der Waals surface area contributed by atoms with Crippen LogP contribution in [0.25, 0.3) is 0 Å². The van der Waals surface area contributed by atoms with Gasteiger partial charge in [0.25, 0.3) is 0 Å². The highest BCUT2D eigenvalue weighted by Crippen LogP contribution is 2.22. The molecule has 0 amide bonds. The van der Waals surface area contributed by atoms with E-state index in [-0.39, 0.29) is 5.11 Å². The van der Waals surface area contributed by atoms with Crippen molar-refractivity contribution in [3.63, 3.8) is 0 Å². The van der Waals surface area contributed by atoms with E-state index in [1.54, 1.807) is 0 Å². The zero-order valence-electron chi connectivity index (χ0n) is 13.1. The predicted molar refractivity (Wildman–Crippen MR) is 89.1 cm³/mol. The average Bonchev–Trinajstić information content (AvgIpc) is 2.58. The normalized spacial score (nSPS) is 11.0. The molecule has 2 aromatic carbocycles.